The van der Waals surface area contributed by atoms with Crippen LogP contribution < -0.4 is 5.32 Å². The molecule has 2 aliphatic rings. The van der Waals surface area contributed by atoms with E-state index in [0.29, 0.717) is 24.3 Å². The Morgan fingerprint density at radius 2 is 2.10 bits per heavy atom. The first-order valence-corrected chi connectivity index (χ1v) is 7.36. The third kappa shape index (κ3) is 2.54. The number of rotatable bonds is 3. The number of pyridine rings is 1. The second-order valence-corrected chi connectivity index (χ2v) is 5.72. The van der Waals surface area contributed by atoms with E-state index in [4.69, 9.17) is 0 Å². The zero-order valence-corrected chi connectivity index (χ0v) is 11.7. The number of piperidine rings is 1. The summed E-state index contributed by atoms with van der Waals surface area (Å²) in [6, 6.07) is 4.12. The summed E-state index contributed by atoms with van der Waals surface area (Å²) < 4.78 is 12.9. The highest BCUT2D eigenvalue weighted by atomic mass is 19.1. The molecule has 2 fully saturated rings. The molecule has 0 saturated carbocycles. The Labute approximate surface area is 118 Å². The quantitative estimate of drug-likeness (QED) is 0.918. The van der Waals surface area contributed by atoms with E-state index in [1.807, 2.05) is 11.8 Å². The molecule has 2 bridgehead atoms. The van der Waals surface area contributed by atoms with Gasteiger partial charge in [-0.25, -0.2) is 9.37 Å². The van der Waals surface area contributed by atoms with Crippen LogP contribution in [0, 0.1) is 5.82 Å². The molecule has 0 radical (unpaired) electrons. The van der Waals surface area contributed by atoms with Crippen molar-refractivity contribution in [2.75, 3.05) is 6.54 Å². The molecular formula is C15H20FN3O. The van der Waals surface area contributed by atoms with Gasteiger partial charge in [-0.3, -0.25) is 4.79 Å². The van der Waals surface area contributed by atoms with E-state index in [-0.39, 0.29) is 11.9 Å². The lowest BCUT2D eigenvalue weighted by Gasteiger charge is -2.37. The Bertz CT molecular complexity index is 478. The van der Waals surface area contributed by atoms with Gasteiger partial charge in [-0.1, -0.05) is 0 Å². The molecule has 2 atom stereocenters. The van der Waals surface area contributed by atoms with Crippen molar-refractivity contribution in [3.05, 3.63) is 29.8 Å². The van der Waals surface area contributed by atoms with Gasteiger partial charge in [-0.15, -0.1) is 0 Å². The van der Waals surface area contributed by atoms with Crippen molar-refractivity contribution in [1.29, 1.82) is 0 Å². The predicted molar refractivity (Wildman–Crippen MR) is 73.9 cm³/mol. The number of amides is 1. The summed E-state index contributed by atoms with van der Waals surface area (Å²) in [5.41, 5.74) is 0.333. The zero-order valence-electron chi connectivity index (χ0n) is 11.7. The minimum absolute atomic E-state index is 0.0844. The molecule has 0 aromatic carbocycles. The molecule has 108 valence electrons. The normalized spacial score (nSPS) is 28.4. The maximum Gasteiger partial charge on any atom is 0.272 e. The molecule has 2 saturated heterocycles. The Kier molecular flexibility index (Phi) is 3.70. The number of halogens is 1. The first-order chi connectivity index (χ1) is 9.67. The summed E-state index contributed by atoms with van der Waals surface area (Å²) in [6.45, 7) is 2.66. The van der Waals surface area contributed by atoms with Crippen LogP contribution >= 0.6 is 0 Å². The fourth-order valence-corrected chi connectivity index (χ4v) is 3.50. The minimum Gasteiger partial charge on any atom is -0.334 e. The van der Waals surface area contributed by atoms with E-state index in [1.54, 1.807) is 0 Å². The first kappa shape index (κ1) is 13.5. The molecule has 20 heavy (non-hydrogen) atoms. The molecule has 2 unspecified atom stereocenters. The van der Waals surface area contributed by atoms with Crippen LogP contribution in [-0.4, -0.2) is 40.5 Å². The van der Waals surface area contributed by atoms with Gasteiger partial charge in [-0.2, -0.15) is 0 Å². The summed E-state index contributed by atoms with van der Waals surface area (Å²) in [5.74, 6) is -0.497. The SMILES string of the molecule is CCN(C(=O)c1ccc(F)cn1)C1CC2CCC(C1)N2. The highest BCUT2D eigenvalue weighted by Crippen LogP contribution is 2.30. The van der Waals surface area contributed by atoms with E-state index in [0.717, 1.165) is 19.0 Å². The average molecular weight is 277 g/mol. The van der Waals surface area contributed by atoms with Crippen molar-refractivity contribution in [3.63, 3.8) is 0 Å². The summed E-state index contributed by atoms with van der Waals surface area (Å²) in [5, 5.41) is 3.58. The van der Waals surface area contributed by atoms with E-state index >= 15 is 0 Å². The molecule has 3 rings (SSSR count). The van der Waals surface area contributed by atoms with E-state index in [2.05, 4.69) is 10.3 Å². The lowest BCUT2D eigenvalue weighted by Crippen LogP contribution is -2.50. The van der Waals surface area contributed by atoms with Crippen LogP contribution in [0.15, 0.2) is 18.3 Å². The Morgan fingerprint density at radius 1 is 1.40 bits per heavy atom. The molecule has 1 amide bonds. The summed E-state index contributed by atoms with van der Waals surface area (Å²) in [7, 11) is 0. The summed E-state index contributed by atoms with van der Waals surface area (Å²) >= 11 is 0. The molecule has 0 spiro atoms. The lowest BCUT2D eigenvalue weighted by atomic mass is 9.98. The number of nitrogens with zero attached hydrogens (tertiary/aromatic N) is 2. The second-order valence-electron chi connectivity index (χ2n) is 5.72. The van der Waals surface area contributed by atoms with Crippen LogP contribution in [0.1, 0.15) is 43.1 Å². The molecule has 1 aromatic heterocycles. The van der Waals surface area contributed by atoms with Gasteiger partial charge in [0.2, 0.25) is 0 Å². The molecule has 2 aliphatic heterocycles. The number of aromatic nitrogens is 1. The molecule has 5 heteroatoms. The van der Waals surface area contributed by atoms with Crippen molar-refractivity contribution in [3.8, 4) is 0 Å². The zero-order chi connectivity index (χ0) is 14.1. The standard InChI is InChI=1S/C15H20FN3O/c1-2-19(13-7-11-4-5-12(8-13)18-11)15(20)14-6-3-10(16)9-17-14/h3,6,9,11-13,18H,2,4-5,7-8H2,1H3. The van der Waals surface area contributed by atoms with Crippen LogP contribution in [0.3, 0.4) is 0 Å². The first-order valence-electron chi connectivity index (χ1n) is 7.36. The minimum atomic E-state index is -0.412. The van der Waals surface area contributed by atoms with Crippen molar-refractivity contribution < 1.29 is 9.18 Å². The van der Waals surface area contributed by atoms with Crippen LogP contribution in [0.5, 0.6) is 0 Å². The average Bonchev–Trinajstić information content (AvgIpc) is 2.79. The number of carbonyl (C=O) groups is 1. The second kappa shape index (κ2) is 5.48. The van der Waals surface area contributed by atoms with E-state index < -0.39 is 5.82 Å². The van der Waals surface area contributed by atoms with Gasteiger partial charge in [-0.05, 0) is 44.7 Å². The summed E-state index contributed by atoms with van der Waals surface area (Å²) in [4.78, 5) is 18.3. The highest BCUT2D eigenvalue weighted by molar-refractivity contribution is 5.92. The lowest BCUT2D eigenvalue weighted by molar-refractivity contribution is 0.0625. The Morgan fingerprint density at radius 3 is 2.65 bits per heavy atom. The number of nitrogens with one attached hydrogen (secondary N) is 1. The topological polar surface area (TPSA) is 45.2 Å². The fourth-order valence-electron chi connectivity index (χ4n) is 3.50. The van der Waals surface area contributed by atoms with Gasteiger partial charge >= 0.3 is 0 Å². The maximum absolute atomic E-state index is 12.9. The van der Waals surface area contributed by atoms with Crippen molar-refractivity contribution in [2.45, 2.75) is 50.7 Å². The number of fused-ring (bicyclic) bond motifs is 2. The van der Waals surface area contributed by atoms with E-state index in [9.17, 15) is 9.18 Å². The van der Waals surface area contributed by atoms with Crippen molar-refractivity contribution in [1.82, 2.24) is 15.2 Å². The number of hydrogen-bond acceptors (Lipinski definition) is 3. The van der Waals surface area contributed by atoms with Gasteiger partial charge in [0, 0.05) is 24.7 Å². The molecular weight excluding hydrogens is 257 g/mol. The predicted octanol–water partition coefficient (Wildman–Crippen LogP) is 1.97. The Hall–Kier alpha value is -1.49. The van der Waals surface area contributed by atoms with Gasteiger partial charge < -0.3 is 10.2 Å². The number of carbonyl (C=O) groups excluding carboxylic acids is 1. The largest absolute Gasteiger partial charge is 0.334 e. The molecule has 1 N–H and O–H groups in total. The molecule has 0 aliphatic carbocycles. The van der Waals surface area contributed by atoms with Crippen molar-refractivity contribution in [2.24, 2.45) is 0 Å². The highest BCUT2D eigenvalue weighted by Gasteiger charge is 2.37. The fraction of sp³-hybridized carbons (Fsp3) is 0.600. The van der Waals surface area contributed by atoms with Crippen LogP contribution in [0.25, 0.3) is 0 Å². The van der Waals surface area contributed by atoms with E-state index in [1.165, 1.54) is 25.0 Å². The maximum atomic E-state index is 12.9. The molecule has 4 nitrogen and oxygen atoms in total. The van der Waals surface area contributed by atoms with Gasteiger partial charge in [0.05, 0.1) is 6.20 Å². The Balaban J connectivity index is 1.75. The van der Waals surface area contributed by atoms with Crippen molar-refractivity contribution >= 4 is 5.91 Å². The van der Waals surface area contributed by atoms with Gasteiger partial charge in [0.1, 0.15) is 11.5 Å². The third-order valence-electron chi connectivity index (χ3n) is 4.44. The third-order valence-corrected chi connectivity index (χ3v) is 4.44. The van der Waals surface area contributed by atoms with Gasteiger partial charge in [0.15, 0.2) is 0 Å². The van der Waals surface area contributed by atoms with Crippen LogP contribution in [0.4, 0.5) is 4.39 Å². The van der Waals surface area contributed by atoms with Crippen LogP contribution in [-0.2, 0) is 0 Å². The summed E-state index contributed by atoms with van der Waals surface area (Å²) in [6.07, 6.45) is 5.55. The van der Waals surface area contributed by atoms with Crippen LogP contribution in [0.2, 0.25) is 0 Å². The number of hydrogen-bond donors (Lipinski definition) is 1. The monoisotopic (exact) mass is 277 g/mol. The smallest absolute Gasteiger partial charge is 0.272 e. The molecule has 3 heterocycles. The van der Waals surface area contributed by atoms with Gasteiger partial charge in [0.25, 0.3) is 5.91 Å². The molecule has 1 aromatic rings.